The molecule has 1 rings (SSSR count). The number of carbonyl (C=O) groups excluding carboxylic acids is 1. The summed E-state index contributed by atoms with van der Waals surface area (Å²) in [7, 11) is 0. The summed E-state index contributed by atoms with van der Waals surface area (Å²) >= 11 is -0.114. The maximum absolute atomic E-state index is 12.1. The van der Waals surface area contributed by atoms with E-state index in [1.54, 1.807) is 12.1 Å². The zero-order valence-electron chi connectivity index (χ0n) is 9.57. The molecule has 0 unspecified atom stereocenters. The predicted octanol–water partition coefficient (Wildman–Crippen LogP) is 3.79. The molecule has 2 nitrogen and oxygen atoms in total. The molecule has 0 saturated heterocycles. The number of hydrogen-bond donors (Lipinski definition) is 0. The van der Waals surface area contributed by atoms with Crippen LogP contribution in [0.1, 0.15) is 18.4 Å². The van der Waals surface area contributed by atoms with Crippen molar-refractivity contribution in [2.24, 2.45) is 0 Å². The van der Waals surface area contributed by atoms with Crippen LogP contribution in [0.4, 0.5) is 13.2 Å². The third-order valence-electron chi connectivity index (χ3n) is 2.20. The van der Waals surface area contributed by atoms with Crippen molar-refractivity contribution in [3.05, 3.63) is 29.8 Å². The lowest BCUT2D eigenvalue weighted by Gasteiger charge is -2.06. The molecule has 0 aliphatic carbocycles. The average Bonchev–Trinajstić information content (AvgIpc) is 2.29. The quantitative estimate of drug-likeness (QED) is 0.431. The number of hydrogen-bond acceptors (Lipinski definition) is 3. The highest BCUT2D eigenvalue weighted by Gasteiger charge is 2.28. The Kier molecular flexibility index (Phi) is 6.04. The number of alkyl halides is 3. The lowest BCUT2D eigenvalue weighted by atomic mass is 10.1. The molecule has 0 radical (unpaired) electrons. The molecule has 0 atom stereocenters. The Balaban J connectivity index is 2.34. The van der Waals surface area contributed by atoms with Gasteiger partial charge in [0.2, 0.25) is 0 Å². The zero-order valence-corrected chi connectivity index (χ0v) is 10.4. The van der Waals surface area contributed by atoms with Gasteiger partial charge in [-0.15, -0.1) is 0 Å². The molecule has 0 heterocycles. The van der Waals surface area contributed by atoms with E-state index < -0.39 is 5.51 Å². The van der Waals surface area contributed by atoms with Gasteiger partial charge in [-0.3, -0.25) is 4.79 Å². The van der Waals surface area contributed by atoms with Gasteiger partial charge in [0.25, 0.3) is 6.47 Å². The van der Waals surface area contributed by atoms with E-state index in [1.165, 1.54) is 12.1 Å². The van der Waals surface area contributed by atoms with Gasteiger partial charge in [0.15, 0.2) is 0 Å². The van der Waals surface area contributed by atoms with E-state index in [2.05, 4.69) is 4.74 Å². The van der Waals surface area contributed by atoms with Crippen molar-refractivity contribution in [3.8, 4) is 0 Å². The van der Waals surface area contributed by atoms with Crippen molar-refractivity contribution in [2.75, 3.05) is 6.61 Å². The summed E-state index contributed by atoms with van der Waals surface area (Å²) in [6, 6.07) is 6.31. The van der Waals surface area contributed by atoms with Crippen LogP contribution in [0.2, 0.25) is 0 Å². The second-order valence-electron chi connectivity index (χ2n) is 3.62. The van der Waals surface area contributed by atoms with E-state index >= 15 is 0 Å². The first kappa shape index (κ1) is 14.9. The third kappa shape index (κ3) is 6.54. The van der Waals surface area contributed by atoms with Gasteiger partial charge in [-0.25, -0.2) is 0 Å². The van der Waals surface area contributed by atoms with Crippen molar-refractivity contribution < 1.29 is 22.7 Å². The average molecular weight is 278 g/mol. The number of ether oxygens (including phenoxy) is 1. The Bertz CT molecular complexity index is 363. The van der Waals surface area contributed by atoms with Crippen LogP contribution in [-0.4, -0.2) is 18.6 Å². The number of benzene rings is 1. The molecule has 0 aliphatic heterocycles. The fraction of sp³-hybridized carbons (Fsp3) is 0.417. The van der Waals surface area contributed by atoms with Gasteiger partial charge in [-0.2, -0.15) is 13.2 Å². The monoisotopic (exact) mass is 278 g/mol. The number of thioether (sulfide) groups is 1. The first-order valence-electron chi connectivity index (χ1n) is 5.41. The number of unbranched alkanes of at least 4 members (excludes halogenated alkanes) is 1. The number of rotatable bonds is 7. The van der Waals surface area contributed by atoms with E-state index in [1.807, 2.05) is 0 Å². The van der Waals surface area contributed by atoms with E-state index in [4.69, 9.17) is 0 Å². The van der Waals surface area contributed by atoms with Crippen LogP contribution in [-0.2, 0) is 16.0 Å². The van der Waals surface area contributed by atoms with Crippen molar-refractivity contribution in [1.82, 2.24) is 0 Å². The van der Waals surface area contributed by atoms with Gasteiger partial charge in [0, 0.05) is 4.90 Å². The van der Waals surface area contributed by atoms with Crippen LogP contribution in [0.25, 0.3) is 0 Å². The Morgan fingerprint density at radius 2 is 1.83 bits per heavy atom. The van der Waals surface area contributed by atoms with Crippen LogP contribution >= 0.6 is 11.8 Å². The third-order valence-corrected chi connectivity index (χ3v) is 2.94. The molecule has 1 aromatic carbocycles. The summed E-state index contributed by atoms with van der Waals surface area (Å²) in [4.78, 5) is 10.1. The molecule has 6 heteroatoms. The summed E-state index contributed by atoms with van der Waals surface area (Å²) < 4.78 is 40.8. The largest absolute Gasteiger partial charge is 0.468 e. The van der Waals surface area contributed by atoms with Gasteiger partial charge < -0.3 is 4.74 Å². The molecular weight excluding hydrogens is 265 g/mol. The molecule has 1 aromatic rings. The summed E-state index contributed by atoms with van der Waals surface area (Å²) in [6.07, 6.45) is 2.34. The number of aryl methyl sites for hydroxylation is 1. The SMILES string of the molecule is O=COCCCCc1ccc(SC(F)(F)F)cc1. The molecule has 0 amide bonds. The maximum Gasteiger partial charge on any atom is 0.446 e. The Morgan fingerprint density at radius 1 is 1.17 bits per heavy atom. The minimum Gasteiger partial charge on any atom is -0.468 e. The lowest BCUT2D eigenvalue weighted by molar-refractivity contribution is -0.128. The minimum atomic E-state index is -4.24. The fourth-order valence-corrected chi connectivity index (χ4v) is 1.96. The van der Waals surface area contributed by atoms with E-state index in [0.717, 1.165) is 24.8 Å². The topological polar surface area (TPSA) is 26.3 Å². The van der Waals surface area contributed by atoms with Crippen molar-refractivity contribution in [3.63, 3.8) is 0 Å². The molecule has 0 fully saturated rings. The van der Waals surface area contributed by atoms with Crippen molar-refractivity contribution in [1.29, 1.82) is 0 Å². The molecule has 0 saturated carbocycles. The molecule has 0 N–H and O–H groups in total. The highest BCUT2D eigenvalue weighted by molar-refractivity contribution is 8.00. The molecule has 18 heavy (non-hydrogen) atoms. The standard InChI is InChI=1S/C12H13F3O2S/c13-12(14,15)18-11-6-4-10(5-7-11)3-1-2-8-17-9-16/h4-7,9H,1-3,8H2. The van der Waals surface area contributed by atoms with Crippen LogP contribution in [0.5, 0.6) is 0 Å². The fourth-order valence-electron chi connectivity index (χ4n) is 1.42. The van der Waals surface area contributed by atoms with Gasteiger partial charge in [-0.1, -0.05) is 12.1 Å². The highest BCUT2D eigenvalue weighted by Crippen LogP contribution is 2.36. The molecule has 100 valence electrons. The Labute approximate surface area is 108 Å². The number of carbonyl (C=O) groups is 1. The lowest BCUT2D eigenvalue weighted by Crippen LogP contribution is -1.99. The van der Waals surface area contributed by atoms with E-state index in [0.29, 0.717) is 13.1 Å². The summed E-state index contributed by atoms with van der Waals surface area (Å²) in [6.45, 7) is 0.786. The summed E-state index contributed by atoms with van der Waals surface area (Å²) in [5.74, 6) is 0. The van der Waals surface area contributed by atoms with E-state index in [9.17, 15) is 18.0 Å². The molecular formula is C12H13F3O2S. The zero-order chi connectivity index (χ0) is 13.4. The van der Waals surface area contributed by atoms with Crippen LogP contribution in [0, 0.1) is 0 Å². The van der Waals surface area contributed by atoms with Gasteiger partial charge in [-0.05, 0) is 48.7 Å². The summed E-state index contributed by atoms with van der Waals surface area (Å²) in [5.41, 5.74) is -3.26. The Morgan fingerprint density at radius 3 is 2.39 bits per heavy atom. The van der Waals surface area contributed by atoms with Gasteiger partial charge in [0.05, 0.1) is 6.61 Å². The van der Waals surface area contributed by atoms with Crippen LogP contribution < -0.4 is 0 Å². The van der Waals surface area contributed by atoms with Gasteiger partial charge in [0.1, 0.15) is 0 Å². The highest BCUT2D eigenvalue weighted by atomic mass is 32.2. The molecule has 0 bridgehead atoms. The maximum atomic E-state index is 12.1. The predicted molar refractivity (Wildman–Crippen MR) is 63.3 cm³/mol. The van der Waals surface area contributed by atoms with E-state index in [-0.39, 0.29) is 16.7 Å². The summed E-state index contributed by atoms with van der Waals surface area (Å²) in [5, 5.41) is 0. The second kappa shape index (κ2) is 7.31. The van der Waals surface area contributed by atoms with Crippen LogP contribution in [0.15, 0.2) is 29.2 Å². The first-order chi connectivity index (χ1) is 8.51. The molecule has 0 aromatic heterocycles. The second-order valence-corrected chi connectivity index (χ2v) is 4.75. The number of halogens is 3. The van der Waals surface area contributed by atoms with Crippen molar-refractivity contribution in [2.45, 2.75) is 29.7 Å². The first-order valence-corrected chi connectivity index (χ1v) is 6.23. The Hall–Kier alpha value is -1.17. The normalized spacial score (nSPS) is 11.3. The molecule has 0 spiro atoms. The van der Waals surface area contributed by atoms with Crippen molar-refractivity contribution >= 4 is 18.2 Å². The van der Waals surface area contributed by atoms with Gasteiger partial charge >= 0.3 is 5.51 Å². The van der Waals surface area contributed by atoms with Crippen LogP contribution in [0.3, 0.4) is 0 Å². The minimum absolute atomic E-state index is 0.114. The smallest absolute Gasteiger partial charge is 0.446 e. The molecule has 0 aliphatic rings.